The van der Waals surface area contributed by atoms with E-state index in [0.717, 1.165) is 30.2 Å². The Hall–Kier alpha value is -1.98. The second-order valence-electron chi connectivity index (χ2n) is 5.82. The van der Waals surface area contributed by atoms with Crippen LogP contribution in [-0.2, 0) is 20.1 Å². The summed E-state index contributed by atoms with van der Waals surface area (Å²) in [6.07, 6.45) is 1.65. The molecule has 0 spiro atoms. The van der Waals surface area contributed by atoms with Crippen molar-refractivity contribution in [3.8, 4) is 11.5 Å². The molecule has 1 N–H and O–H groups in total. The summed E-state index contributed by atoms with van der Waals surface area (Å²) >= 11 is 0. The molecule has 1 heterocycles. The summed E-state index contributed by atoms with van der Waals surface area (Å²) in [7, 11) is 5.30. The van der Waals surface area contributed by atoms with Crippen molar-refractivity contribution in [2.24, 2.45) is 7.05 Å². The van der Waals surface area contributed by atoms with E-state index in [1.54, 1.807) is 14.2 Å². The summed E-state index contributed by atoms with van der Waals surface area (Å²) in [5.41, 5.74) is 2.34. The smallest absolute Gasteiger partial charge is 0.161 e. The van der Waals surface area contributed by atoms with E-state index in [9.17, 15) is 5.11 Å². The van der Waals surface area contributed by atoms with Crippen LogP contribution >= 0.6 is 0 Å². The van der Waals surface area contributed by atoms with Crippen LogP contribution in [0.25, 0.3) is 0 Å². The van der Waals surface area contributed by atoms with Gasteiger partial charge < -0.3 is 19.1 Å². The van der Waals surface area contributed by atoms with Crippen molar-refractivity contribution in [2.45, 2.75) is 26.1 Å². The number of nitrogens with zero attached hydrogens (tertiary/aromatic N) is 2. The molecular formula is C18H26N2O3. The van der Waals surface area contributed by atoms with Crippen molar-refractivity contribution in [3.63, 3.8) is 0 Å². The highest BCUT2D eigenvalue weighted by Crippen LogP contribution is 2.28. The van der Waals surface area contributed by atoms with Crippen LogP contribution in [0.3, 0.4) is 0 Å². The minimum atomic E-state index is -0.379. The molecule has 0 fully saturated rings. The number of ether oxygens (including phenoxy) is 2. The zero-order chi connectivity index (χ0) is 16.8. The first-order valence-electron chi connectivity index (χ1n) is 7.75. The molecule has 5 nitrogen and oxygen atoms in total. The van der Waals surface area contributed by atoms with Gasteiger partial charge in [0.15, 0.2) is 11.5 Å². The number of aromatic nitrogens is 1. The third kappa shape index (κ3) is 4.74. The lowest BCUT2D eigenvalue weighted by atomic mass is 10.1. The maximum Gasteiger partial charge on any atom is 0.161 e. The highest BCUT2D eigenvalue weighted by molar-refractivity contribution is 5.42. The van der Waals surface area contributed by atoms with E-state index in [1.807, 2.05) is 44.4 Å². The van der Waals surface area contributed by atoms with Crippen LogP contribution in [0.5, 0.6) is 11.5 Å². The van der Waals surface area contributed by atoms with Gasteiger partial charge in [0.2, 0.25) is 0 Å². The Labute approximate surface area is 138 Å². The highest BCUT2D eigenvalue weighted by Gasteiger charge is 2.13. The Balaban J connectivity index is 2.15. The van der Waals surface area contributed by atoms with Gasteiger partial charge >= 0.3 is 0 Å². The fourth-order valence-corrected chi connectivity index (χ4v) is 2.69. The molecule has 126 valence electrons. The van der Waals surface area contributed by atoms with Gasteiger partial charge in [0.1, 0.15) is 0 Å². The van der Waals surface area contributed by atoms with Gasteiger partial charge in [0.05, 0.1) is 20.3 Å². The molecule has 1 aromatic carbocycles. The first kappa shape index (κ1) is 17.4. The predicted octanol–water partition coefficient (Wildman–Crippen LogP) is 2.43. The zero-order valence-corrected chi connectivity index (χ0v) is 14.3. The van der Waals surface area contributed by atoms with Gasteiger partial charge in [-0.2, -0.15) is 0 Å². The van der Waals surface area contributed by atoms with Crippen molar-refractivity contribution >= 4 is 0 Å². The van der Waals surface area contributed by atoms with Crippen LogP contribution in [0.4, 0.5) is 0 Å². The van der Waals surface area contributed by atoms with Gasteiger partial charge in [-0.1, -0.05) is 6.07 Å². The summed E-state index contributed by atoms with van der Waals surface area (Å²) in [5.74, 6) is 1.45. The molecule has 0 aliphatic rings. The molecule has 2 rings (SSSR count). The van der Waals surface area contributed by atoms with Crippen molar-refractivity contribution < 1.29 is 14.6 Å². The average molecular weight is 318 g/mol. The third-order valence-corrected chi connectivity index (χ3v) is 3.81. The third-order valence-electron chi connectivity index (χ3n) is 3.81. The van der Waals surface area contributed by atoms with Crippen molar-refractivity contribution in [1.29, 1.82) is 0 Å². The zero-order valence-electron chi connectivity index (χ0n) is 14.3. The lowest BCUT2D eigenvalue weighted by Gasteiger charge is -2.24. The minimum Gasteiger partial charge on any atom is -0.493 e. The number of benzene rings is 1. The monoisotopic (exact) mass is 318 g/mol. The maximum absolute atomic E-state index is 9.79. The van der Waals surface area contributed by atoms with Gasteiger partial charge in [-0.25, -0.2) is 0 Å². The maximum atomic E-state index is 9.79. The molecule has 0 bridgehead atoms. The number of methoxy groups -OCH3 is 2. The standard InChI is InChI=1S/C18H26N2O3/c1-14(21)11-20(13-16-6-5-9-19(16)2)12-15-7-8-17(22-3)18(10-15)23-4/h5-10,14,21H,11-13H2,1-4H3. The summed E-state index contributed by atoms with van der Waals surface area (Å²) in [5, 5.41) is 9.79. The predicted molar refractivity (Wildman–Crippen MR) is 90.8 cm³/mol. The minimum absolute atomic E-state index is 0.379. The lowest BCUT2D eigenvalue weighted by molar-refractivity contribution is 0.116. The molecule has 0 aliphatic carbocycles. The average Bonchev–Trinajstić information content (AvgIpc) is 2.91. The molecule has 0 saturated heterocycles. The molecule has 1 unspecified atom stereocenters. The summed E-state index contributed by atoms with van der Waals surface area (Å²) < 4.78 is 12.7. The molecular weight excluding hydrogens is 292 g/mol. The van der Waals surface area contributed by atoms with E-state index in [-0.39, 0.29) is 6.10 Å². The summed E-state index contributed by atoms with van der Waals surface area (Å²) in [6.45, 7) is 3.94. The van der Waals surface area contributed by atoms with E-state index < -0.39 is 0 Å². The van der Waals surface area contributed by atoms with Crippen LogP contribution in [0.2, 0.25) is 0 Å². The molecule has 0 radical (unpaired) electrons. The molecule has 1 aromatic heterocycles. The Morgan fingerprint density at radius 3 is 2.43 bits per heavy atom. The van der Waals surface area contributed by atoms with Crippen LogP contribution in [0, 0.1) is 0 Å². The molecule has 0 saturated carbocycles. The van der Waals surface area contributed by atoms with Gasteiger partial charge in [0.25, 0.3) is 0 Å². The van der Waals surface area contributed by atoms with Crippen molar-refractivity contribution in [2.75, 3.05) is 20.8 Å². The Kier molecular flexibility index (Phi) is 6.07. The number of hydrogen-bond acceptors (Lipinski definition) is 4. The van der Waals surface area contributed by atoms with E-state index in [0.29, 0.717) is 6.54 Å². The Morgan fingerprint density at radius 2 is 1.87 bits per heavy atom. The normalized spacial score (nSPS) is 12.4. The number of aliphatic hydroxyl groups is 1. The molecule has 0 amide bonds. The van der Waals surface area contributed by atoms with E-state index in [2.05, 4.69) is 15.5 Å². The van der Waals surface area contributed by atoms with E-state index in [1.165, 1.54) is 5.69 Å². The van der Waals surface area contributed by atoms with Crippen LogP contribution in [-0.4, -0.2) is 41.4 Å². The van der Waals surface area contributed by atoms with Crippen LogP contribution < -0.4 is 9.47 Å². The molecule has 5 heteroatoms. The van der Waals surface area contributed by atoms with Crippen molar-refractivity contribution in [3.05, 3.63) is 47.8 Å². The summed E-state index contributed by atoms with van der Waals surface area (Å²) in [6, 6.07) is 10.1. The van der Waals surface area contributed by atoms with Crippen LogP contribution in [0.1, 0.15) is 18.2 Å². The number of aryl methyl sites for hydroxylation is 1. The largest absolute Gasteiger partial charge is 0.493 e. The van der Waals surface area contributed by atoms with Gasteiger partial charge in [-0.3, -0.25) is 4.90 Å². The molecule has 0 aliphatic heterocycles. The highest BCUT2D eigenvalue weighted by atomic mass is 16.5. The van der Waals surface area contributed by atoms with Gasteiger partial charge in [-0.05, 0) is 36.8 Å². The fourth-order valence-electron chi connectivity index (χ4n) is 2.69. The van der Waals surface area contributed by atoms with Crippen molar-refractivity contribution in [1.82, 2.24) is 9.47 Å². The number of aliphatic hydroxyl groups excluding tert-OH is 1. The van der Waals surface area contributed by atoms with E-state index in [4.69, 9.17) is 9.47 Å². The Bertz CT molecular complexity index is 622. The quantitative estimate of drug-likeness (QED) is 0.812. The van der Waals surface area contributed by atoms with Crippen LogP contribution in [0.15, 0.2) is 36.5 Å². The second-order valence-corrected chi connectivity index (χ2v) is 5.82. The fraction of sp³-hybridized carbons (Fsp3) is 0.444. The first-order chi connectivity index (χ1) is 11.0. The topological polar surface area (TPSA) is 46.9 Å². The second kappa shape index (κ2) is 8.04. The van der Waals surface area contributed by atoms with Gasteiger partial charge in [-0.15, -0.1) is 0 Å². The molecule has 2 aromatic rings. The summed E-state index contributed by atoms with van der Waals surface area (Å²) in [4.78, 5) is 2.22. The molecule has 23 heavy (non-hydrogen) atoms. The molecule has 1 atom stereocenters. The van der Waals surface area contributed by atoms with Gasteiger partial charge in [0, 0.05) is 38.6 Å². The Morgan fingerprint density at radius 1 is 1.13 bits per heavy atom. The SMILES string of the molecule is COc1ccc(CN(Cc2cccn2C)CC(C)O)cc1OC. The number of hydrogen-bond donors (Lipinski definition) is 1. The van der Waals surface area contributed by atoms with E-state index >= 15 is 0 Å². The first-order valence-corrected chi connectivity index (χ1v) is 7.75. The lowest BCUT2D eigenvalue weighted by Crippen LogP contribution is -2.30. The number of rotatable bonds is 8.